The first kappa shape index (κ1) is 11.7. The fourth-order valence-electron chi connectivity index (χ4n) is 2.20. The highest BCUT2D eigenvalue weighted by Crippen LogP contribution is 2.32. The van der Waals surface area contributed by atoms with Crippen LogP contribution in [0.2, 0.25) is 0 Å². The average Bonchev–Trinajstić information content (AvgIpc) is 2.19. The number of halogens is 2. The molecule has 0 radical (unpaired) electrons. The molecule has 1 saturated carbocycles. The molecule has 0 heterocycles. The third kappa shape index (κ3) is 4.56. The van der Waals surface area contributed by atoms with Crippen LogP contribution in [0, 0.1) is 11.8 Å². The van der Waals surface area contributed by atoms with Crippen LogP contribution < -0.4 is 0 Å². The molecule has 1 fully saturated rings. The number of unbranched alkanes of at least 4 members (excludes halogenated alkanes) is 1. The number of rotatable bonds is 5. The molecule has 0 aliphatic heterocycles. The van der Waals surface area contributed by atoms with Gasteiger partial charge in [0.15, 0.2) is 0 Å². The third-order valence-corrected chi connectivity index (χ3v) is 3.88. The first-order valence-corrected chi connectivity index (χ1v) is 6.55. The third-order valence-electron chi connectivity index (χ3n) is 3.18. The van der Waals surface area contributed by atoms with Gasteiger partial charge in [0, 0.05) is 11.8 Å². The zero-order valence-electron chi connectivity index (χ0n) is 8.27. The second-order valence-electron chi connectivity index (χ2n) is 4.23. The van der Waals surface area contributed by atoms with Crippen molar-refractivity contribution in [2.45, 2.75) is 44.9 Å². The van der Waals surface area contributed by atoms with E-state index in [-0.39, 0.29) is 0 Å². The van der Waals surface area contributed by atoms with Crippen molar-refractivity contribution in [3.63, 3.8) is 0 Å². The SMILES string of the molecule is ClCCCCC1CCC(CCl)CC1. The minimum atomic E-state index is 0.811. The Morgan fingerprint density at radius 3 is 2.00 bits per heavy atom. The fourth-order valence-corrected chi connectivity index (χ4v) is 2.70. The molecular weight excluding hydrogens is 203 g/mol. The van der Waals surface area contributed by atoms with Crippen molar-refractivity contribution >= 4 is 23.2 Å². The lowest BCUT2D eigenvalue weighted by molar-refractivity contribution is 0.275. The molecule has 0 amide bonds. The monoisotopic (exact) mass is 222 g/mol. The van der Waals surface area contributed by atoms with Crippen molar-refractivity contribution < 1.29 is 0 Å². The summed E-state index contributed by atoms with van der Waals surface area (Å²) < 4.78 is 0. The van der Waals surface area contributed by atoms with Crippen LogP contribution >= 0.6 is 23.2 Å². The molecule has 0 aromatic heterocycles. The summed E-state index contributed by atoms with van der Waals surface area (Å²) >= 11 is 11.5. The lowest BCUT2D eigenvalue weighted by Gasteiger charge is -2.27. The van der Waals surface area contributed by atoms with Gasteiger partial charge in [-0.3, -0.25) is 0 Å². The van der Waals surface area contributed by atoms with Gasteiger partial charge < -0.3 is 0 Å². The van der Waals surface area contributed by atoms with Gasteiger partial charge in [-0.05, 0) is 31.1 Å². The minimum Gasteiger partial charge on any atom is -0.127 e. The van der Waals surface area contributed by atoms with Crippen molar-refractivity contribution in [1.29, 1.82) is 0 Å². The molecule has 0 atom stereocenters. The van der Waals surface area contributed by atoms with E-state index in [2.05, 4.69) is 0 Å². The Morgan fingerprint density at radius 2 is 1.46 bits per heavy atom. The lowest BCUT2D eigenvalue weighted by Crippen LogP contribution is -2.15. The van der Waals surface area contributed by atoms with Crippen LogP contribution in [-0.4, -0.2) is 11.8 Å². The van der Waals surface area contributed by atoms with Crippen molar-refractivity contribution in [2.24, 2.45) is 11.8 Å². The Kier molecular flexibility index (Phi) is 6.23. The van der Waals surface area contributed by atoms with E-state index in [4.69, 9.17) is 23.2 Å². The summed E-state index contributed by atoms with van der Waals surface area (Å²) in [5.41, 5.74) is 0. The molecule has 2 heteroatoms. The minimum absolute atomic E-state index is 0.811. The molecule has 78 valence electrons. The number of hydrogen-bond acceptors (Lipinski definition) is 0. The smallest absolute Gasteiger partial charge is 0.0251 e. The Morgan fingerprint density at radius 1 is 0.846 bits per heavy atom. The van der Waals surface area contributed by atoms with Gasteiger partial charge in [-0.25, -0.2) is 0 Å². The predicted octanol–water partition coefficient (Wildman–Crippen LogP) is 4.44. The lowest BCUT2D eigenvalue weighted by atomic mass is 9.80. The molecule has 0 unspecified atom stereocenters. The van der Waals surface area contributed by atoms with Gasteiger partial charge in [-0.15, -0.1) is 23.2 Å². The average molecular weight is 223 g/mol. The quantitative estimate of drug-likeness (QED) is 0.477. The highest BCUT2D eigenvalue weighted by atomic mass is 35.5. The summed E-state index contributed by atoms with van der Waals surface area (Å²) in [6.07, 6.45) is 9.42. The van der Waals surface area contributed by atoms with Gasteiger partial charge in [0.25, 0.3) is 0 Å². The van der Waals surface area contributed by atoms with Gasteiger partial charge in [0.2, 0.25) is 0 Å². The van der Waals surface area contributed by atoms with Crippen molar-refractivity contribution in [1.82, 2.24) is 0 Å². The fraction of sp³-hybridized carbons (Fsp3) is 1.00. The van der Waals surface area contributed by atoms with Crippen molar-refractivity contribution in [3.8, 4) is 0 Å². The van der Waals surface area contributed by atoms with Gasteiger partial charge in [0.1, 0.15) is 0 Å². The van der Waals surface area contributed by atoms with Gasteiger partial charge in [0.05, 0.1) is 0 Å². The molecule has 0 spiro atoms. The first-order valence-electron chi connectivity index (χ1n) is 5.48. The molecular formula is C11H20Cl2. The Balaban J connectivity index is 2.03. The summed E-state index contributed by atoms with van der Waals surface area (Å²) in [5, 5.41) is 0. The standard InChI is InChI=1S/C11H20Cl2/c12-8-2-1-3-10-4-6-11(9-13)7-5-10/h10-11H,1-9H2. The van der Waals surface area contributed by atoms with Crippen LogP contribution in [0.1, 0.15) is 44.9 Å². The maximum absolute atomic E-state index is 5.84. The zero-order valence-corrected chi connectivity index (χ0v) is 9.79. The van der Waals surface area contributed by atoms with E-state index in [1.165, 1.54) is 44.9 Å². The Bertz CT molecular complexity index is 115. The summed E-state index contributed by atoms with van der Waals surface area (Å²) in [6.45, 7) is 0. The summed E-state index contributed by atoms with van der Waals surface area (Å²) in [5.74, 6) is 3.49. The Labute approximate surface area is 92.0 Å². The zero-order chi connectivity index (χ0) is 9.52. The largest absolute Gasteiger partial charge is 0.127 e. The molecule has 1 aliphatic carbocycles. The highest BCUT2D eigenvalue weighted by Gasteiger charge is 2.19. The Hall–Kier alpha value is 0.580. The predicted molar refractivity (Wildman–Crippen MR) is 60.7 cm³/mol. The second-order valence-corrected chi connectivity index (χ2v) is 4.91. The van der Waals surface area contributed by atoms with Gasteiger partial charge >= 0.3 is 0 Å². The van der Waals surface area contributed by atoms with E-state index in [1.807, 2.05) is 0 Å². The number of alkyl halides is 2. The van der Waals surface area contributed by atoms with Gasteiger partial charge in [-0.1, -0.05) is 25.7 Å². The van der Waals surface area contributed by atoms with E-state index in [9.17, 15) is 0 Å². The van der Waals surface area contributed by atoms with Crippen LogP contribution in [0.5, 0.6) is 0 Å². The summed E-state index contributed by atoms with van der Waals surface area (Å²) in [7, 11) is 0. The maximum Gasteiger partial charge on any atom is 0.0251 e. The second kappa shape index (κ2) is 6.95. The maximum atomic E-state index is 5.84. The molecule has 0 saturated heterocycles. The van der Waals surface area contributed by atoms with Crippen molar-refractivity contribution in [3.05, 3.63) is 0 Å². The molecule has 13 heavy (non-hydrogen) atoms. The van der Waals surface area contributed by atoms with Gasteiger partial charge in [-0.2, -0.15) is 0 Å². The molecule has 0 nitrogen and oxygen atoms in total. The molecule has 0 N–H and O–H groups in total. The molecule has 0 aromatic rings. The van der Waals surface area contributed by atoms with E-state index >= 15 is 0 Å². The van der Waals surface area contributed by atoms with Crippen LogP contribution in [0.15, 0.2) is 0 Å². The molecule has 1 aliphatic rings. The molecule has 0 bridgehead atoms. The molecule has 1 rings (SSSR count). The summed E-state index contributed by atoms with van der Waals surface area (Å²) in [4.78, 5) is 0. The topological polar surface area (TPSA) is 0 Å². The highest BCUT2D eigenvalue weighted by molar-refractivity contribution is 6.18. The van der Waals surface area contributed by atoms with E-state index in [1.54, 1.807) is 0 Å². The number of hydrogen-bond donors (Lipinski definition) is 0. The van der Waals surface area contributed by atoms with E-state index < -0.39 is 0 Å². The normalized spacial score (nSPS) is 29.1. The van der Waals surface area contributed by atoms with E-state index in [0.717, 1.165) is 23.6 Å². The first-order chi connectivity index (χ1) is 6.36. The van der Waals surface area contributed by atoms with Crippen LogP contribution in [0.4, 0.5) is 0 Å². The van der Waals surface area contributed by atoms with Crippen molar-refractivity contribution in [2.75, 3.05) is 11.8 Å². The van der Waals surface area contributed by atoms with E-state index in [0.29, 0.717) is 0 Å². The summed E-state index contributed by atoms with van der Waals surface area (Å²) in [6, 6.07) is 0. The van der Waals surface area contributed by atoms with Crippen LogP contribution in [0.3, 0.4) is 0 Å². The molecule has 0 aromatic carbocycles. The van der Waals surface area contributed by atoms with Crippen LogP contribution in [-0.2, 0) is 0 Å². The van der Waals surface area contributed by atoms with Crippen LogP contribution in [0.25, 0.3) is 0 Å².